The summed E-state index contributed by atoms with van der Waals surface area (Å²) in [4.78, 5) is 2.19. The highest BCUT2D eigenvalue weighted by molar-refractivity contribution is 5.72. The largest absolute Gasteiger partial charge is 0.305 e. The van der Waals surface area contributed by atoms with Gasteiger partial charge < -0.3 is 4.90 Å². The van der Waals surface area contributed by atoms with Crippen LogP contribution >= 0.6 is 0 Å². The Kier molecular flexibility index (Phi) is 4.75. The highest BCUT2D eigenvalue weighted by Gasteiger charge is 1.99. The first kappa shape index (κ1) is 14.5. The first-order chi connectivity index (χ1) is 9.56. The smallest absolute Gasteiger partial charge is 0.0227 e. The second kappa shape index (κ2) is 6.53. The summed E-state index contributed by atoms with van der Waals surface area (Å²) < 4.78 is 0. The molecule has 104 valence electrons. The summed E-state index contributed by atoms with van der Waals surface area (Å²) in [5, 5.41) is 0. The van der Waals surface area contributed by atoms with Crippen molar-refractivity contribution in [3.05, 3.63) is 70.3 Å². The normalized spacial score (nSPS) is 11.4. The van der Waals surface area contributed by atoms with Gasteiger partial charge in [-0.1, -0.05) is 54.6 Å². The topological polar surface area (TPSA) is 3.24 Å². The summed E-state index contributed by atoms with van der Waals surface area (Å²) in [6, 6.07) is 15.1. The molecule has 0 spiro atoms. The van der Waals surface area contributed by atoms with E-state index in [0.717, 1.165) is 6.54 Å². The minimum absolute atomic E-state index is 0.977. The lowest BCUT2D eigenvalue weighted by atomic mass is 10.0. The van der Waals surface area contributed by atoms with Gasteiger partial charge in [0.2, 0.25) is 0 Å². The lowest BCUT2D eigenvalue weighted by Crippen LogP contribution is -2.10. The van der Waals surface area contributed by atoms with Gasteiger partial charge in [0.25, 0.3) is 0 Å². The van der Waals surface area contributed by atoms with E-state index in [4.69, 9.17) is 0 Å². The van der Waals surface area contributed by atoms with Crippen molar-refractivity contribution in [3.8, 4) is 0 Å². The predicted molar refractivity (Wildman–Crippen MR) is 88.7 cm³/mol. The van der Waals surface area contributed by atoms with Gasteiger partial charge >= 0.3 is 0 Å². The zero-order chi connectivity index (χ0) is 14.5. The second-order valence-corrected chi connectivity index (χ2v) is 5.62. The highest BCUT2D eigenvalue weighted by Crippen LogP contribution is 2.17. The molecule has 0 aromatic heterocycles. The number of rotatable bonds is 4. The van der Waals surface area contributed by atoms with Crippen LogP contribution in [0, 0.1) is 13.8 Å². The first-order valence-electron chi connectivity index (χ1n) is 7.04. The molecule has 0 heterocycles. The Morgan fingerprint density at radius 2 is 1.55 bits per heavy atom. The van der Waals surface area contributed by atoms with E-state index in [1.54, 1.807) is 0 Å². The molecule has 2 aromatic carbocycles. The van der Waals surface area contributed by atoms with Crippen LogP contribution in [0.2, 0.25) is 0 Å². The third-order valence-electron chi connectivity index (χ3n) is 3.43. The molecule has 0 unspecified atom stereocenters. The standard InChI is InChI=1S/C19H23N/c1-15-7-5-8-16(2)19(15)12-11-17-9-6-10-18(13-17)14-20(3)4/h5-13H,14H2,1-4H3/b12-11+. The highest BCUT2D eigenvalue weighted by atomic mass is 15.0. The Balaban J connectivity index is 2.23. The molecule has 0 aliphatic carbocycles. The van der Waals surface area contributed by atoms with Gasteiger partial charge in [-0.25, -0.2) is 0 Å². The number of aryl methyl sites for hydroxylation is 2. The van der Waals surface area contributed by atoms with Crippen molar-refractivity contribution in [1.29, 1.82) is 0 Å². The fraction of sp³-hybridized carbons (Fsp3) is 0.263. The average Bonchev–Trinajstić information content (AvgIpc) is 2.38. The van der Waals surface area contributed by atoms with Crippen LogP contribution in [0.3, 0.4) is 0 Å². The molecule has 0 amide bonds. The van der Waals surface area contributed by atoms with Crippen molar-refractivity contribution in [2.24, 2.45) is 0 Å². The van der Waals surface area contributed by atoms with Crippen LogP contribution in [0.1, 0.15) is 27.8 Å². The first-order valence-corrected chi connectivity index (χ1v) is 7.04. The SMILES string of the molecule is Cc1cccc(C)c1/C=C/c1cccc(CN(C)C)c1. The maximum Gasteiger partial charge on any atom is 0.0227 e. The quantitative estimate of drug-likeness (QED) is 0.734. The summed E-state index contributed by atoms with van der Waals surface area (Å²) in [6.45, 7) is 5.30. The van der Waals surface area contributed by atoms with Crippen molar-refractivity contribution < 1.29 is 0 Å². The van der Waals surface area contributed by atoms with Crippen molar-refractivity contribution in [1.82, 2.24) is 4.90 Å². The molecular weight excluding hydrogens is 242 g/mol. The van der Waals surface area contributed by atoms with Crippen LogP contribution < -0.4 is 0 Å². The van der Waals surface area contributed by atoms with Gasteiger partial charge in [-0.05, 0) is 55.8 Å². The molecule has 0 radical (unpaired) electrons. The average molecular weight is 265 g/mol. The van der Waals surface area contributed by atoms with Crippen LogP contribution in [0.5, 0.6) is 0 Å². The number of nitrogens with zero attached hydrogens (tertiary/aromatic N) is 1. The van der Waals surface area contributed by atoms with Gasteiger partial charge in [-0.15, -0.1) is 0 Å². The van der Waals surface area contributed by atoms with Gasteiger partial charge in [0, 0.05) is 6.54 Å². The zero-order valence-electron chi connectivity index (χ0n) is 12.9. The molecule has 2 aromatic rings. The third-order valence-corrected chi connectivity index (χ3v) is 3.43. The lowest BCUT2D eigenvalue weighted by molar-refractivity contribution is 0.402. The number of hydrogen-bond donors (Lipinski definition) is 0. The van der Waals surface area contributed by atoms with Gasteiger partial charge in [0.15, 0.2) is 0 Å². The monoisotopic (exact) mass is 265 g/mol. The zero-order valence-corrected chi connectivity index (χ0v) is 12.9. The molecule has 0 N–H and O–H groups in total. The van der Waals surface area contributed by atoms with E-state index in [-0.39, 0.29) is 0 Å². The Hall–Kier alpha value is -1.86. The third kappa shape index (κ3) is 3.82. The lowest BCUT2D eigenvalue weighted by Gasteiger charge is -2.10. The van der Waals surface area contributed by atoms with E-state index in [0.29, 0.717) is 0 Å². The van der Waals surface area contributed by atoms with Crippen molar-refractivity contribution in [2.75, 3.05) is 14.1 Å². The summed E-state index contributed by atoms with van der Waals surface area (Å²) in [6.07, 6.45) is 4.42. The van der Waals surface area contributed by atoms with Gasteiger partial charge in [0.1, 0.15) is 0 Å². The molecule has 1 nitrogen and oxygen atoms in total. The number of benzene rings is 2. The molecular formula is C19H23N. The molecule has 0 saturated heterocycles. The molecule has 20 heavy (non-hydrogen) atoms. The summed E-state index contributed by atoms with van der Waals surface area (Å²) in [5.41, 5.74) is 6.58. The van der Waals surface area contributed by atoms with Crippen molar-refractivity contribution in [3.63, 3.8) is 0 Å². The Morgan fingerprint density at radius 1 is 0.900 bits per heavy atom. The minimum Gasteiger partial charge on any atom is -0.305 e. The summed E-state index contributed by atoms with van der Waals surface area (Å²) in [7, 11) is 4.19. The summed E-state index contributed by atoms with van der Waals surface area (Å²) in [5.74, 6) is 0. The van der Waals surface area contributed by atoms with Gasteiger partial charge in [0.05, 0.1) is 0 Å². The fourth-order valence-corrected chi connectivity index (χ4v) is 2.43. The van der Waals surface area contributed by atoms with Gasteiger partial charge in [-0.3, -0.25) is 0 Å². The number of hydrogen-bond acceptors (Lipinski definition) is 1. The predicted octanol–water partition coefficient (Wildman–Crippen LogP) is 4.54. The molecule has 0 atom stereocenters. The Labute approximate surface area is 122 Å². The van der Waals surface area contributed by atoms with E-state index in [1.807, 2.05) is 0 Å². The summed E-state index contributed by atoms with van der Waals surface area (Å²) >= 11 is 0. The van der Waals surface area contributed by atoms with E-state index < -0.39 is 0 Å². The van der Waals surface area contributed by atoms with Crippen LogP contribution in [0.25, 0.3) is 12.2 Å². The van der Waals surface area contributed by atoms with E-state index in [2.05, 4.69) is 87.5 Å². The fourth-order valence-electron chi connectivity index (χ4n) is 2.43. The molecule has 1 heteroatoms. The molecule has 0 aliphatic heterocycles. The van der Waals surface area contributed by atoms with Crippen molar-refractivity contribution in [2.45, 2.75) is 20.4 Å². The molecule has 2 rings (SSSR count). The molecule has 0 saturated carbocycles. The van der Waals surface area contributed by atoms with E-state index >= 15 is 0 Å². The van der Waals surface area contributed by atoms with E-state index in [1.165, 1.54) is 27.8 Å². The van der Waals surface area contributed by atoms with Crippen LogP contribution in [-0.4, -0.2) is 19.0 Å². The molecule has 0 fully saturated rings. The molecule has 0 bridgehead atoms. The second-order valence-electron chi connectivity index (χ2n) is 5.62. The minimum atomic E-state index is 0.977. The van der Waals surface area contributed by atoms with Gasteiger partial charge in [-0.2, -0.15) is 0 Å². The Morgan fingerprint density at radius 3 is 2.20 bits per heavy atom. The maximum absolute atomic E-state index is 2.25. The molecule has 0 aliphatic rings. The van der Waals surface area contributed by atoms with Crippen LogP contribution in [0.4, 0.5) is 0 Å². The Bertz CT molecular complexity index is 589. The van der Waals surface area contributed by atoms with Crippen LogP contribution in [0.15, 0.2) is 42.5 Å². The maximum atomic E-state index is 2.25. The van der Waals surface area contributed by atoms with Crippen LogP contribution in [-0.2, 0) is 6.54 Å². The van der Waals surface area contributed by atoms with E-state index in [9.17, 15) is 0 Å². The van der Waals surface area contributed by atoms with Crippen molar-refractivity contribution >= 4 is 12.2 Å².